The highest BCUT2D eigenvalue weighted by atomic mass is 35.5. The summed E-state index contributed by atoms with van der Waals surface area (Å²) >= 11 is 13.7. The van der Waals surface area contributed by atoms with Gasteiger partial charge in [0.25, 0.3) is 0 Å². The van der Waals surface area contributed by atoms with Crippen molar-refractivity contribution >= 4 is 50.5 Å². The molecule has 3 aromatic heterocycles. The molecule has 1 aromatic carbocycles. The zero-order chi connectivity index (χ0) is 15.3. The van der Waals surface area contributed by atoms with E-state index in [-0.39, 0.29) is 0 Å². The van der Waals surface area contributed by atoms with Crippen LogP contribution in [0.2, 0.25) is 10.0 Å². The Bertz CT molecular complexity index is 1010. The molecule has 0 aliphatic heterocycles. The molecule has 4 aromatic rings. The van der Waals surface area contributed by atoms with Gasteiger partial charge in [-0.2, -0.15) is 0 Å². The lowest BCUT2D eigenvalue weighted by Crippen LogP contribution is -1.85. The van der Waals surface area contributed by atoms with E-state index in [0.29, 0.717) is 10.0 Å². The Balaban J connectivity index is 1.92. The topological polar surface area (TPSA) is 39.4 Å². The lowest BCUT2D eigenvalue weighted by atomic mass is 10.3. The normalized spacial score (nSPS) is 11.4. The van der Waals surface area contributed by atoms with Crippen molar-refractivity contribution in [2.75, 3.05) is 7.11 Å². The molecule has 7 heteroatoms. The molecule has 0 aliphatic carbocycles. The molecule has 0 atom stereocenters. The number of rotatable bonds is 2. The van der Waals surface area contributed by atoms with E-state index in [0.717, 1.165) is 32.3 Å². The van der Waals surface area contributed by atoms with Gasteiger partial charge in [-0.1, -0.05) is 34.5 Å². The number of fused-ring (bicyclic) bond motifs is 3. The summed E-state index contributed by atoms with van der Waals surface area (Å²) < 4.78 is 7.24. The molecule has 0 saturated heterocycles. The zero-order valence-electron chi connectivity index (χ0n) is 11.4. The first-order chi connectivity index (χ1) is 10.7. The molecule has 0 fully saturated rings. The number of nitrogens with zero attached hydrogens (tertiary/aromatic N) is 3. The Hall–Kier alpha value is -1.82. The van der Waals surface area contributed by atoms with Crippen LogP contribution in [0.5, 0.6) is 5.75 Å². The Kier molecular flexibility index (Phi) is 3.22. The zero-order valence-corrected chi connectivity index (χ0v) is 13.7. The molecule has 110 valence electrons. The van der Waals surface area contributed by atoms with Gasteiger partial charge < -0.3 is 4.74 Å². The molecule has 0 aliphatic rings. The highest BCUT2D eigenvalue weighted by Crippen LogP contribution is 2.34. The third-order valence-electron chi connectivity index (χ3n) is 3.37. The molecule has 3 heterocycles. The Morgan fingerprint density at radius 2 is 2.00 bits per heavy atom. The highest BCUT2D eigenvalue weighted by molar-refractivity contribution is 7.20. The summed E-state index contributed by atoms with van der Waals surface area (Å²) in [5.74, 6) is 0.774. The molecule has 4 rings (SSSR count). The van der Waals surface area contributed by atoms with Crippen LogP contribution in [-0.2, 0) is 0 Å². The molecule has 4 nitrogen and oxygen atoms in total. The van der Waals surface area contributed by atoms with E-state index < -0.39 is 0 Å². The fraction of sp³-hybridized carbons (Fsp3) is 0.0667. The molecule has 0 unspecified atom stereocenters. The number of pyridine rings is 1. The standard InChI is InChI=1S/C15H9Cl2N3OS/c1-21-8-2-3-18-12(4-8)14-7-20-13-6-10(17)9(16)5-11(13)19-15(20)22-14/h2-7H,1H3. The quantitative estimate of drug-likeness (QED) is 0.515. The number of methoxy groups -OCH3 is 1. The lowest BCUT2D eigenvalue weighted by Gasteiger charge is -2.00. The number of thiazole rings is 1. The number of benzene rings is 1. The van der Waals surface area contributed by atoms with Crippen molar-refractivity contribution in [3.05, 3.63) is 46.7 Å². The van der Waals surface area contributed by atoms with Gasteiger partial charge in [0.15, 0.2) is 4.96 Å². The van der Waals surface area contributed by atoms with Gasteiger partial charge in [-0.15, -0.1) is 0 Å². The van der Waals surface area contributed by atoms with Crippen LogP contribution in [0.15, 0.2) is 36.7 Å². The van der Waals surface area contributed by atoms with Gasteiger partial charge in [0.1, 0.15) is 5.75 Å². The summed E-state index contributed by atoms with van der Waals surface area (Å²) in [6.45, 7) is 0. The van der Waals surface area contributed by atoms with Crippen LogP contribution in [0.1, 0.15) is 0 Å². The largest absolute Gasteiger partial charge is 0.497 e. The van der Waals surface area contributed by atoms with Crippen molar-refractivity contribution < 1.29 is 4.74 Å². The second kappa shape index (κ2) is 5.12. The number of aromatic nitrogens is 3. The predicted octanol–water partition coefficient (Wildman–Crippen LogP) is 4.93. The molecule has 0 spiro atoms. The number of hydrogen-bond donors (Lipinski definition) is 0. The average molecular weight is 350 g/mol. The maximum absolute atomic E-state index is 6.11. The first-order valence-electron chi connectivity index (χ1n) is 6.43. The monoisotopic (exact) mass is 349 g/mol. The van der Waals surface area contributed by atoms with E-state index >= 15 is 0 Å². The van der Waals surface area contributed by atoms with Crippen molar-refractivity contribution in [2.45, 2.75) is 0 Å². The van der Waals surface area contributed by atoms with E-state index in [1.807, 2.05) is 28.8 Å². The van der Waals surface area contributed by atoms with Crippen LogP contribution in [0, 0.1) is 0 Å². The molecule has 0 N–H and O–H groups in total. The first-order valence-corrected chi connectivity index (χ1v) is 8.00. The van der Waals surface area contributed by atoms with E-state index in [4.69, 9.17) is 27.9 Å². The van der Waals surface area contributed by atoms with Gasteiger partial charge in [-0.05, 0) is 18.2 Å². The minimum atomic E-state index is 0.509. The first kappa shape index (κ1) is 13.8. The number of hydrogen-bond acceptors (Lipinski definition) is 4. The molecule has 0 saturated carbocycles. The van der Waals surface area contributed by atoms with Crippen LogP contribution in [0.4, 0.5) is 0 Å². The van der Waals surface area contributed by atoms with Gasteiger partial charge in [0.05, 0.1) is 38.8 Å². The minimum Gasteiger partial charge on any atom is -0.497 e. The van der Waals surface area contributed by atoms with Gasteiger partial charge in [0.2, 0.25) is 0 Å². The summed E-state index contributed by atoms with van der Waals surface area (Å²) in [6.07, 6.45) is 3.73. The summed E-state index contributed by atoms with van der Waals surface area (Å²) in [5.41, 5.74) is 2.60. The summed E-state index contributed by atoms with van der Waals surface area (Å²) in [5, 5.41) is 1.03. The Morgan fingerprint density at radius 3 is 2.82 bits per heavy atom. The van der Waals surface area contributed by atoms with E-state index in [2.05, 4.69) is 9.97 Å². The van der Waals surface area contributed by atoms with Crippen molar-refractivity contribution in [3.8, 4) is 16.3 Å². The van der Waals surface area contributed by atoms with Crippen molar-refractivity contribution in [3.63, 3.8) is 0 Å². The van der Waals surface area contributed by atoms with Crippen LogP contribution in [0.3, 0.4) is 0 Å². The van der Waals surface area contributed by atoms with Crippen LogP contribution >= 0.6 is 34.5 Å². The molecule has 22 heavy (non-hydrogen) atoms. The van der Waals surface area contributed by atoms with E-state index in [9.17, 15) is 0 Å². The van der Waals surface area contributed by atoms with E-state index in [1.165, 1.54) is 0 Å². The van der Waals surface area contributed by atoms with Crippen molar-refractivity contribution in [1.29, 1.82) is 0 Å². The smallest absolute Gasteiger partial charge is 0.195 e. The molecule has 0 amide bonds. The lowest BCUT2D eigenvalue weighted by molar-refractivity contribution is 0.414. The number of ether oxygens (including phenoxy) is 1. The van der Waals surface area contributed by atoms with Gasteiger partial charge in [0, 0.05) is 18.5 Å². The number of imidazole rings is 1. The van der Waals surface area contributed by atoms with Crippen LogP contribution in [-0.4, -0.2) is 21.5 Å². The van der Waals surface area contributed by atoms with Gasteiger partial charge in [-0.3, -0.25) is 9.38 Å². The van der Waals surface area contributed by atoms with Crippen molar-refractivity contribution in [2.24, 2.45) is 0 Å². The molecule has 0 radical (unpaired) electrons. The van der Waals surface area contributed by atoms with Gasteiger partial charge >= 0.3 is 0 Å². The molecular formula is C15H9Cl2N3OS. The summed E-state index contributed by atoms with van der Waals surface area (Å²) in [6, 6.07) is 7.33. The predicted molar refractivity (Wildman–Crippen MR) is 90.4 cm³/mol. The molecular weight excluding hydrogens is 341 g/mol. The second-order valence-corrected chi connectivity index (χ2v) is 6.52. The van der Waals surface area contributed by atoms with Gasteiger partial charge in [-0.25, -0.2) is 4.98 Å². The van der Waals surface area contributed by atoms with Crippen LogP contribution in [0.25, 0.3) is 26.6 Å². The summed E-state index contributed by atoms with van der Waals surface area (Å²) in [4.78, 5) is 10.8. The minimum absolute atomic E-state index is 0.509. The maximum atomic E-state index is 6.11. The SMILES string of the molecule is COc1ccnc(-c2cn3c(nc4cc(Cl)c(Cl)cc43)s2)c1. The second-order valence-electron chi connectivity index (χ2n) is 4.70. The third-order valence-corrected chi connectivity index (χ3v) is 5.09. The number of halogens is 2. The maximum Gasteiger partial charge on any atom is 0.195 e. The summed E-state index contributed by atoms with van der Waals surface area (Å²) in [7, 11) is 1.64. The fourth-order valence-corrected chi connectivity index (χ4v) is 3.58. The Morgan fingerprint density at radius 1 is 1.18 bits per heavy atom. The average Bonchev–Trinajstić information content (AvgIpc) is 3.06. The third kappa shape index (κ3) is 2.13. The Labute approximate surface area is 139 Å². The van der Waals surface area contributed by atoms with Crippen LogP contribution < -0.4 is 4.74 Å². The van der Waals surface area contributed by atoms with Crippen molar-refractivity contribution in [1.82, 2.24) is 14.4 Å². The highest BCUT2D eigenvalue weighted by Gasteiger charge is 2.13. The molecule has 0 bridgehead atoms. The van der Waals surface area contributed by atoms with E-state index in [1.54, 1.807) is 30.7 Å². The fourth-order valence-electron chi connectivity index (χ4n) is 2.30.